The molecule has 0 fully saturated rings. The molecular formula is C16H20N4O4. The van der Waals surface area contributed by atoms with Crippen LogP contribution in [0.2, 0.25) is 0 Å². The minimum Gasteiger partial charge on any atom is -0.493 e. The van der Waals surface area contributed by atoms with Crippen molar-refractivity contribution in [3.05, 3.63) is 40.2 Å². The van der Waals surface area contributed by atoms with Gasteiger partial charge in [0.05, 0.1) is 25.7 Å². The van der Waals surface area contributed by atoms with E-state index in [0.717, 1.165) is 5.39 Å². The molecule has 0 amide bonds. The van der Waals surface area contributed by atoms with E-state index in [1.807, 2.05) is 6.07 Å². The fourth-order valence-corrected chi connectivity index (χ4v) is 2.14. The molecule has 1 aromatic carbocycles. The van der Waals surface area contributed by atoms with Crippen LogP contribution in [0, 0.1) is 0 Å². The van der Waals surface area contributed by atoms with Crippen molar-refractivity contribution in [3.63, 3.8) is 0 Å². The standard InChI is InChI=1S/C16H20N4O4/c1-23-14(21)8-11-7-10-3-4-12(9-13(10)20-15(11)22)24-6-2-5-19-16(17)18/h3-4,7,9H,2,5-6,8H2,1H3,(H,20,22)(H4,17,18,19). The normalized spacial score (nSPS) is 10.4. The number of aromatic nitrogens is 1. The zero-order valence-electron chi connectivity index (χ0n) is 13.4. The van der Waals surface area contributed by atoms with Crippen molar-refractivity contribution in [2.24, 2.45) is 16.5 Å². The first-order valence-electron chi connectivity index (χ1n) is 7.40. The minimum absolute atomic E-state index is 0.0565. The number of methoxy groups -OCH3 is 1. The highest BCUT2D eigenvalue weighted by molar-refractivity contribution is 5.82. The lowest BCUT2D eigenvalue weighted by atomic mass is 10.1. The molecule has 2 rings (SSSR count). The topological polar surface area (TPSA) is 133 Å². The largest absolute Gasteiger partial charge is 0.493 e. The number of esters is 1. The number of rotatable bonds is 7. The predicted molar refractivity (Wildman–Crippen MR) is 91.1 cm³/mol. The predicted octanol–water partition coefficient (Wildman–Crippen LogP) is 0.286. The Bertz CT molecular complexity index is 809. The van der Waals surface area contributed by atoms with Gasteiger partial charge in [-0.1, -0.05) is 0 Å². The van der Waals surface area contributed by atoms with Gasteiger partial charge in [0.2, 0.25) is 0 Å². The molecule has 0 atom stereocenters. The molecule has 2 aromatic rings. The Balaban J connectivity index is 2.08. The molecule has 0 aliphatic carbocycles. The number of nitrogens with zero attached hydrogens (tertiary/aromatic N) is 1. The molecule has 0 aliphatic heterocycles. The number of aromatic amines is 1. The quantitative estimate of drug-likeness (QED) is 0.289. The number of guanidine groups is 1. The Hall–Kier alpha value is -3.03. The molecule has 0 radical (unpaired) electrons. The minimum atomic E-state index is -0.458. The second-order valence-corrected chi connectivity index (χ2v) is 5.13. The van der Waals surface area contributed by atoms with Crippen molar-refractivity contribution in [1.82, 2.24) is 4.98 Å². The third-order valence-electron chi connectivity index (χ3n) is 3.32. The van der Waals surface area contributed by atoms with Crippen molar-refractivity contribution < 1.29 is 14.3 Å². The Morgan fingerprint density at radius 1 is 1.29 bits per heavy atom. The number of pyridine rings is 1. The van der Waals surface area contributed by atoms with E-state index in [0.29, 0.717) is 36.4 Å². The van der Waals surface area contributed by atoms with E-state index in [2.05, 4.69) is 14.7 Å². The summed E-state index contributed by atoms with van der Waals surface area (Å²) in [6.07, 6.45) is 0.606. The van der Waals surface area contributed by atoms with Crippen LogP contribution in [0.15, 0.2) is 34.1 Å². The SMILES string of the molecule is COC(=O)Cc1cc2ccc(OCCCN=C(N)N)cc2[nH]c1=O. The first-order chi connectivity index (χ1) is 11.5. The first-order valence-corrected chi connectivity index (χ1v) is 7.40. The number of ether oxygens (including phenoxy) is 2. The molecule has 1 aromatic heterocycles. The number of nitrogens with one attached hydrogen (secondary N) is 1. The van der Waals surface area contributed by atoms with Crippen LogP contribution in [-0.4, -0.2) is 37.2 Å². The summed E-state index contributed by atoms with van der Waals surface area (Å²) in [5.74, 6) is 0.227. The van der Waals surface area contributed by atoms with Gasteiger partial charge in [-0.2, -0.15) is 0 Å². The van der Waals surface area contributed by atoms with Gasteiger partial charge in [-0.15, -0.1) is 0 Å². The third kappa shape index (κ3) is 4.73. The molecule has 0 unspecified atom stereocenters. The van der Waals surface area contributed by atoms with Gasteiger partial charge in [0.15, 0.2) is 5.96 Å². The second kappa shape index (κ2) is 8.00. The van der Waals surface area contributed by atoms with Gasteiger partial charge in [0.1, 0.15) is 5.75 Å². The van der Waals surface area contributed by atoms with Crippen molar-refractivity contribution in [1.29, 1.82) is 0 Å². The Kier molecular flexibility index (Phi) is 5.78. The maximum atomic E-state index is 12.0. The van der Waals surface area contributed by atoms with Crippen LogP contribution >= 0.6 is 0 Å². The number of hydrogen-bond donors (Lipinski definition) is 3. The highest BCUT2D eigenvalue weighted by atomic mass is 16.5. The van der Waals surface area contributed by atoms with Crippen LogP contribution in [0.4, 0.5) is 0 Å². The van der Waals surface area contributed by atoms with Gasteiger partial charge < -0.3 is 25.9 Å². The summed E-state index contributed by atoms with van der Waals surface area (Å²) in [6, 6.07) is 7.02. The van der Waals surface area contributed by atoms with E-state index in [4.69, 9.17) is 16.2 Å². The van der Waals surface area contributed by atoms with Gasteiger partial charge in [0.25, 0.3) is 5.56 Å². The fourth-order valence-electron chi connectivity index (χ4n) is 2.14. The molecule has 0 aliphatic rings. The van der Waals surface area contributed by atoms with Crippen molar-refractivity contribution >= 4 is 22.8 Å². The monoisotopic (exact) mass is 332 g/mol. The van der Waals surface area contributed by atoms with Crippen LogP contribution in [-0.2, 0) is 16.0 Å². The van der Waals surface area contributed by atoms with E-state index >= 15 is 0 Å². The van der Waals surface area contributed by atoms with E-state index in [-0.39, 0.29) is 17.9 Å². The van der Waals surface area contributed by atoms with Crippen molar-refractivity contribution in [2.75, 3.05) is 20.3 Å². The highest BCUT2D eigenvalue weighted by Crippen LogP contribution is 2.19. The molecule has 0 bridgehead atoms. The lowest BCUT2D eigenvalue weighted by Crippen LogP contribution is -2.23. The average molecular weight is 332 g/mol. The van der Waals surface area contributed by atoms with E-state index in [1.165, 1.54) is 7.11 Å². The summed E-state index contributed by atoms with van der Waals surface area (Å²) in [6.45, 7) is 0.941. The van der Waals surface area contributed by atoms with Gasteiger partial charge >= 0.3 is 5.97 Å². The number of benzene rings is 1. The number of aliphatic imine (C=N–C) groups is 1. The van der Waals surface area contributed by atoms with Crippen LogP contribution in [0.5, 0.6) is 5.75 Å². The average Bonchev–Trinajstić information content (AvgIpc) is 2.54. The van der Waals surface area contributed by atoms with Crippen LogP contribution in [0.3, 0.4) is 0 Å². The van der Waals surface area contributed by atoms with Gasteiger partial charge in [-0.3, -0.25) is 14.6 Å². The Morgan fingerprint density at radius 3 is 2.79 bits per heavy atom. The van der Waals surface area contributed by atoms with E-state index in [1.54, 1.807) is 18.2 Å². The summed E-state index contributed by atoms with van der Waals surface area (Å²) >= 11 is 0. The summed E-state index contributed by atoms with van der Waals surface area (Å²) in [5, 5.41) is 0.807. The smallest absolute Gasteiger partial charge is 0.310 e. The van der Waals surface area contributed by atoms with Gasteiger partial charge in [0, 0.05) is 24.6 Å². The second-order valence-electron chi connectivity index (χ2n) is 5.13. The Labute approximate surface area is 138 Å². The molecule has 0 spiro atoms. The number of fused-ring (bicyclic) bond motifs is 1. The first kappa shape index (κ1) is 17.3. The number of carbonyl (C=O) groups excluding carboxylic acids is 1. The number of H-pyrrole nitrogens is 1. The van der Waals surface area contributed by atoms with Crippen LogP contribution in [0.1, 0.15) is 12.0 Å². The van der Waals surface area contributed by atoms with E-state index in [9.17, 15) is 9.59 Å². The van der Waals surface area contributed by atoms with Gasteiger partial charge in [-0.05, 0) is 23.6 Å². The zero-order chi connectivity index (χ0) is 17.5. The lowest BCUT2D eigenvalue weighted by Gasteiger charge is -2.07. The maximum absolute atomic E-state index is 12.0. The third-order valence-corrected chi connectivity index (χ3v) is 3.32. The van der Waals surface area contributed by atoms with E-state index < -0.39 is 5.97 Å². The molecule has 8 nitrogen and oxygen atoms in total. The summed E-state index contributed by atoms with van der Waals surface area (Å²) in [7, 11) is 1.29. The summed E-state index contributed by atoms with van der Waals surface area (Å²) in [5.41, 5.74) is 11.1. The lowest BCUT2D eigenvalue weighted by molar-refractivity contribution is -0.139. The molecule has 5 N–H and O–H groups in total. The molecular weight excluding hydrogens is 312 g/mol. The zero-order valence-corrected chi connectivity index (χ0v) is 13.4. The Morgan fingerprint density at radius 2 is 2.08 bits per heavy atom. The van der Waals surface area contributed by atoms with Crippen LogP contribution < -0.4 is 21.8 Å². The highest BCUT2D eigenvalue weighted by Gasteiger charge is 2.09. The van der Waals surface area contributed by atoms with Crippen LogP contribution in [0.25, 0.3) is 10.9 Å². The number of hydrogen-bond acceptors (Lipinski definition) is 5. The number of carbonyl (C=O) groups is 1. The summed E-state index contributed by atoms with van der Waals surface area (Å²) < 4.78 is 10.2. The molecule has 24 heavy (non-hydrogen) atoms. The molecule has 0 saturated heterocycles. The molecule has 1 heterocycles. The molecule has 8 heteroatoms. The summed E-state index contributed by atoms with van der Waals surface area (Å²) in [4.78, 5) is 29.9. The molecule has 0 saturated carbocycles. The fraction of sp³-hybridized carbons (Fsp3) is 0.312. The van der Waals surface area contributed by atoms with Crippen molar-refractivity contribution in [2.45, 2.75) is 12.8 Å². The maximum Gasteiger partial charge on any atom is 0.310 e. The number of nitrogens with two attached hydrogens (primary N) is 2. The van der Waals surface area contributed by atoms with Crippen molar-refractivity contribution in [3.8, 4) is 5.75 Å². The van der Waals surface area contributed by atoms with Gasteiger partial charge in [-0.25, -0.2) is 0 Å². The molecule has 128 valence electrons.